The summed E-state index contributed by atoms with van der Waals surface area (Å²) >= 11 is 0. The zero-order valence-corrected chi connectivity index (χ0v) is 12.5. The zero-order valence-electron chi connectivity index (χ0n) is 12.5. The van der Waals surface area contributed by atoms with Gasteiger partial charge in [0.25, 0.3) is 0 Å². The number of carbonyl (C=O) groups excluding carboxylic acids is 1. The van der Waals surface area contributed by atoms with Crippen LogP contribution < -0.4 is 16.0 Å². The Labute approximate surface area is 125 Å². The van der Waals surface area contributed by atoms with Gasteiger partial charge in [0.2, 0.25) is 5.91 Å². The van der Waals surface area contributed by atoms with Crippen molar-refractivity contribution >= 4 is 17.4 Å². The number of hydrogen-bond donors (Lipinski definition) is 2. The molecular weight excluding hydrogens is 264 g/mol. The first kappa shape index (κ1) is 14.3. The molecule has 21 heavy (non-hydrogen) atoms. The SMILES string of the molecule is NCC1(C(=O)Nc2ccc(N3CCCC3)nc2)CCCC1. The third-order valence-corrected chi connectivity index (χ3v) is 4.87. The highest BCUT2D eigenvalue weighted by Crippen LogP contribution is 2.38. The minimum Gasteiger partial charge on any atom is -0.357 e. The Kier molecular flexibility index (Phi) is 4.10. The molecule has 2 aliphatic rings. The molecule has 1 aromatic heterocycles. The highest BCUT2D eigenvalue weighted by Gasteiger charge is 2.39. The van der Waals surface area contributed by atoms with Crippen LogP contribution in [0.3, 0.4) is 0 Å². The van der Waals surface area contributed by atoms with Gasteiger partial charge in [0, 0.05) is 19.6 Å². The van der Waals surface area contributed by atoms with Crippen LogP contribution in [0.15, 0.2) is 18.3 Å². The zero-order chi connectivity index (χ0) is 14.7. The topological polar surface area (TPSA) is 71.2 Å². The van der Waals surface area contributed by atoms with Crippen molar-refractivity contribution in [3.05, 3.63) is 18.3 Å². The van der Waals surface area contributed by atoms with Gasteiger partial charge in [0.05, 0.1) is 17.3 Å². The number of carbonyl (C=O) groups is 1. The summed E-state index contributed by atoms with van der Waals surface area (Å²) in [5.41, 5.74) is 6.25. The van der Waals surface area contributed by atoms with E-state index in [9.17, 15) is 4.79 Å². The molecule has 1 saturated carbocycles. The Balaban J connectivity index is 1.66. The van der Waals surface area contributed by atoms with Gasteiger partial charge in [-0.05, 0) is 37.8 Å². The number of pyridine rings is 1. The average Bonchev–Trinajstić information content (AvgIpc) is 3.20. The van der Waals surface area contributed by atoms with Crippen LogP contribution in [0.2, 0.25) is 0 Å². The summed E-state index contributed by atoms with van der Waals surface area (Å²) in [6.07, 6.45) is 8.21. The van der Waals surface area contributed by atoms with E-state index >= 15 is 0 Å². The smallest absolute Gasteiger partial charge is 0.231 e. The first-order valence-corrected chi connectivity index (χ1v) is 7.96. The standard InChI is InChI=1S/C16H24N4O/c17-12-16(7-1-2-8-16)15(21)19-13-5-6-14(18-11-13)20-9-3-4-10-20/h5-6,11H,1-4,7-10,12,17H2,(H,19,21). The summed E-state index contributed by atoms with van der Waals surface area (Å²) in [4.78, 5) is 19.2. The summed E-state index contributed by atoms with van der Waals surface area (Å²) in [7, 11) is 0. The summed E-state index contributed by atoms with van der Waals surface area (Å²) in [5, 5.41) is 2.99. The minimum atomic E-state index is -0.367. The van der Waals surface area contributed by atoms with Crippen molar-refractivity contribution in [3.8, 4) is 0 Å². The predicted molar refractivity (Wildman–Crippen MR) is 84.3 cm³/mol. The molecular formula is C16H24N4O. The predicted octanol–water partition coefficient (Wildman–Crippen LogP) is 2.14. The molecule has 5 nitrogen and oxygen atoms in total. The second-order valence-electron chi connectivity index (χ2n) is 6.24. The number of nitrogens with two attached hydrogens (primary N) is 1. The van der Waals surface area contributed by atoms with E-state index in [0.29, 0.717) is 6.54 Å². The maximum absolute atomic E-state index is 12.5. The van der Waals surface area contributed by atoms with E-state index in [1.807, 2.05) is 12.1 Å². The van der Waals surface area contributed by atoms with Gasteiger partial charge in [-0.1, -0.05) is 12.8 Å². The fourth-order valence-corrected chi connectivity index (χ4v) is 3.43. The van der Waals surface area contributed by atoms with Crippen molar-refractivity contribution in [2.24, 2.45) is 11.1 Å². The van der Waals surface area contributed by atoms with Gasteiger partial charge in [-0.25, -0.2) is 4.98 Å². The molecule has 114 valence electrons. The lowest BCUT2D eigenvalue weighted by Gasteiger charge is -2.25. The van der Waals surface area contributed by atoms with Crippen LogP contribution in [0, 0.1) is 5.41 Å². The fraction of sp³-hybridized carbons (Fsp3) is 0.625. The molecule has 2 fully saturated rings. The molecule has 0 bridgehead atoms. The average molecular weight is 288 g/mol. The first-order chi connectivity index (χ1) is 10.2. The number of rotatable bonds is 4. The van der Waals surface area contributed by atoms with Gasteiger partial charge in [-0.15, -0.1) is 0 Å². The number of nitrogens with one attached hydrogen (secondary N) is 1. The van der Waals surface area contributed by atoms with E-state index in [2.05, 4.69) is 15.2 Å². The molecule has 1 aliphatic carbocycles. The third kappa shape index (κ3) is 2.88. The van der Waals surface area contributed by atoms with Crippen molar-refractivity contribution < 1.29 is 4.79 Å². The Hall–Kier alpha value is -1.62. The normalized spacial score (nSPS) is 20.7. The molecule has 1 aliphatic heterocycles. The second kappa shape index (κ2) is 6.02. The summed E-state index contributed by atoms with van der Waals surface area (Å²) in [6.45, 7) is 2.59. The molecule has 2 heterocycles. The van der Waals surface area contributed by atoms with E-state index < -0.39 is 0 Å². The van der Waals surface area contributed by atoms with Crippen LogP contribution in [0.25, 0.3) is 0 Å². The van der Waals surface area contributed by atoms with Gasteiger partial charge < -0.3 is 16.0 Å². The maximum atomic E-state index is 12.5. The number of hydrogen-bond acceptors (Lipinski definition) is 4. The number of nitrogens with zero attached hydrogens (tertiary/aromatic N) is 2. The van der Waals surface area contributed by atoms with Crippen molar-refractivity contribution in [3.63, 3.8) is 0 Å². The fourth-order valence-electron chi connectivity index (χ4n) is 3.43. The number of amides is 1. The molecule has 3 rings (SSSR count). The molecule has 0 aromatic carbocycles. The molecule has 0 unspecified atom stereocenters. The van der Waals surface area contributed by atoms with Gasteiger partial charge in [-0.2, -0.15) is 0 Å². The molecule has 0 spiro atoms. The highest BCUT2D eigenvalue weighted by molar-refractivity contribution is 5.95. The Morgan fingerprint density at radius 2 is 1.95 bits per heavy atom. The van der Waals surface area contributed by atoms with Crippen molar-refractivity contribution in [2.75, 3.05) is 29.9 Å². The molecule has 1 saturated heterocycles. The van der Waals surface area contributed by atoms with E-state index in [4.69, 9.17) is 5.73 Å². The largest absolute Gasteiger partial charge is 0.357 e. The lowest BCUT2D eigenvalue weighted by molar-refractivity contribution is -0.124. The molecule has 3 N–H and O–H groups in total. The van der Waals surface area contributed by atoms with E-state index in [-0.39, 0.29) is 11.3 Å². The molecule has 1 aromatic rings. The highest BCUT2D eigenvalue weighted by atomic mass is 16.2. The second-order valence-corrected chi connectivity index (χ2v) is 6.24. The van der Waals surface area contributed by atoms with E-state index in [1.165, 1.54) is 12.8 Å². The Morgan fingerprint density at radius 3 is 2.52 bits per heavy atom. The van der Waals surface area contributed by atoms with Crippen molar-refractivity contribution in [1.82, 2.24) is 4.98 Å². The molecule has 0 radical (unpaired) electrons. The Bertz CT molecular complexity index is 488. The lowest BCUT2D eigenvalue weighted by Crippen LogP contribution is -2.40. The monoisotopic (exact) mass is 288 g/mol. The van der Waals surface area contributed by atoms with Gasteiger partial charge in [-0.3, -0.25) is 4.79 Å². The minimum absolute atomic E-state index is 0.0539. The van der Waals surface area contributed by atoms with Gasteiger partial charge >= 0.3 is 0 Å². The third-order valence-electron chi connectivity index (χ3n) is 4.87. The number of anilines is 2. The molecule has 0 atom stereocenters. The van der Waals surface area contributed by atoms with E-state index in [0.717, 1.165) is 50.3 Å². The molecule has 1 amide bonds. The summed E-state index contributed by atoms with van der Waals surface area (Å²) in [5.74, 6) is 1.05. The van der Waals surface area contributed by atoms with Crippen LogP contribution in [-0.2, 0) is 4.79 Å². The molecule has 5 heteroatoms. The van der Waals surface area contributed by atoms with Crippen LogP contribution in [0.1, 0.15) is 38.5 Å². The Morgan fingerprint density at radius 1 is 1.24 bits per heavy atom. The number of aromatic nitrogens is 1. The van der Waals surface area contributed by atoms with Gasteiger partial charge in [0.1, 0.15) is 5.82 Å². The van der Waals surface area contributed by atoms with Crippen LogP contribution >= 0.6 is 0 Å². The maximum Gasteiger partial charge on any atom is 0.231 e. The van der Waals surface area contributed by atoms with Crippen LogP contribution in [0.4, 0.5) is 11.5 Å². The van der Waals surface area contributed by atoms with Crippen LogP contribution in [-0.4, -0.2) is 30.5 Å². The van der Waals surface area contributed by atoms with Crippen LogP contribution in [0.5, 0.6) is 0 Å². The lowest BCUT2D eigenvalue weighted by atomic mass is 9.85. The first-order valence-electron chi connectivity index (χ1n) is 7.96. The van der Waals surface area contributed by atoms with Gasteiger partial charge in [0.15, 0.2) is 0 Å². The van der Waals surface area contributed by atoms with Crippen molar-refractivity contribution in [1.29, 1.82) is 0 Å². The summed E-state index contributed by atoms with van der Waals surface area (Å²) < 4.78 is 0. The summed E-state index contributed by atoms with van der Waals surface area (Å²) in [6, 6.07) is 3.93. The quantitative estimate of drug-likeness (QED) is 0.890. The van der Waals surface area contributed by atoms with E-state index in [1.54, 1.807) is 6.20 Å². The van der Waals surface area contributed by atoms with Crippen molar-refractivity contribution in [2.45, 2.75) is 38.5 Å².